The Hall–Kier alpha value is -2.89. The molecule has 7 atom stereocenters. The molecule has 5 fully saturated rings. The number of nitrogens with zero attached hydrogens (tertiary/aromatic N) is 4. The molecule has 4 bridgehead atoms. The minimum absolute atomic E-state index is 0.0737. The number of rotatable bonds is 4. The lowest BCUT2D eigenvalue weighted by Crippen LogP contribution is -2.61. The fourth-order valence-corrected chi connectivity index (χ4v) is 7.25. The molecule has 5 aliphatic rings. The van der Waals surface area contributed by atoms with E-state index in [1.165, 1.54) is 0 Å². The number of hydrogen-bond donors (Lipinski definition) is 3. The first kappa shape index (κ1) is 19.1. The third-order valence-corrected chi connectivity index (χ3v) is 8.07. The smallest absolute Gasteiger partial charge is 0.407 e. The summed E-state index contributed by atoms with van der Waals surface area (Å²) < 4.78 is 0. The number of nitrogens with two attached hydrogens (primary N) is 1. The van der Waals surface area contributed by atoms with E-state index in [4.69, 9.17) is 11.0 Å². The molecule has 4 aliphatic carbocycles. The highest BCUT2D eigenvalue weighted by Crippen LogP contribution is 2.63. The van der Waals surface area contributed by atoms with Crippen LogP contribution in [0.2, 0.25) is 0 Å². The molecule has 0 aromatic carbocycles. The molecule has 6 rings (SSSR count). The van der Waals surface area contributed by atoms with Gasteiger partial charge in [0.2, 0.25) is 5.91 Å². The van der Waals surface area contributed by atoms with Crippen LogP contribution in [0.5, 0.6) is 0 Å². The van der Waals surface area contributed by atoms with E-state index in [1.807, 2.05) is 6.07 Å². The van der Waals surface area contributed by atoms with Crippen LogP contribution in [0.15, 0.2) is 12.1 Å². The Morgan fingerprint density at radius 1 is 1.23 bits per heavy atom. The van der Waals surface area contributed by atoms with Crippen LogP contribution in [-0.2, 0) is 4.79 Å². The summed E-state index contributed by atoms with van der Waals surface area (Å²) in [7, 11) is 0. The SMILES string of the molecule is N#Cc1ccc(NC2CCN(C(=O)O)[C@@H]2C2C3CC4C[C@H]2C[C@@](C(N)=O)(C4)C3)nn1. The number of likely N-dealkylation sites (tertiary alicyclic amines) is 1. The summed E-state index contributed by atoms with van der Waals surface area (Å²) in [5.74, 6) is 1.77. The van der Waals surface area contributed by atoms with Gasteiger partial charge >= 0.3 is 6.09 Å². The van der Waals surface area contributed by atoms with Gasteiger partial charge in [0, 0.05) is 12.0 Å². The Morgan fingerprint density at radius 3 is 2.53 bits per heavy atom. The van der Waals surface area contributed by atoms with Crippen LogP contribution in [0, 0.1) is 40.4 Å². The molecule has 0 spiro atoms. The summed E-state index contributed by atoms with van der Waals surface area (Å²) in [6.45, 7) is 0.474. The van der Waals surface area contributed by atoms with E-state index < -0.39 is 6.09 Å². The standard InChI is InChI=1S/C21H26N6O3/c22-10-14-1-2-16(26-25-14)24-15-3-4-27(20(29)30)18(15)17-12-5-11-6-13(17)9-21(7-11,8-12)19(23)28/h1-2,11-13,15,17-18H,3-9H2,(H2,23,28)(H,24,26)(H,29,30)/t11?,12-,13?,15?,17?,18-,21-/m0/s1. The Labute approximate surface area is 174 Å². The molecule has 1 aliphatic heterocycles. The van der Waals surface area contributed by atoms with E-state index in [9.17, 15) is 14.7 Å². The minimum Gasteiger partial charge on any atom is -0.465 e. The second-order valence-electron chi connectivity index (χ2n) is 9.61. The van der Waals surface area contributed by atoms with Gasteiger partial charge in [-0.2, -0.15) is 5.26 Å². The number of primary amides is 1. The summed E-state index contributed by atoms with van der Waals surface area (Å²) in [5, 5.41) is 30.2. The number of nitrogens with one attached hydrogen (secondary N) is 1. The van der Waals surface area contributed by atoms with Gasteiger partial charge < -0.3 is 21.1 Å². The average molecular weight is 410 g/mol. The van der Waals surface area contributed by atoms with Crippen molar-refractivity contribution in [3.63, 3.8) is 0 Å². The van der Waals surface area contributed by atoms with Crippen molar-refractivity contribution in [2.24, 2.45) is 34.8 Å². The maximum Gasteiger partial charge on any atom is 0.407 e. The first-order valence-corrected chi connectivity index (χ1v) is 10.7. The molecular weight excluding hydrogens is 384 g/mol. The number of carbonyl (C=O) groups excluding carboxylic acids is 1. The number of amides is 2. The number of carboxylic acid groups (broad SMARTS) is 1. The van der Waals surface area contributed by atoms with E-state index in [0.717, 1.165) is 32.1 Å². The van der Waals surface area contributed by atoms with Crippen molar-refractivity contribution >= 4 is 17.8 Å². The van der Waals surface area contributed by atoms with Crippen molar-refractivity contribution in [3.05, 3.63) is 17.8 Å². The Kier molecular flexibility index (Phi) is 4.34. The van der Waals surface area contributed by atoms with E-state index in [2.05, 4.69) is 15.5 Å². The topological polar surface area (TPSA) is 145 Å². The third-order valence-electron chi connectivity index (χ3n) is 8.07. The number of anilines is 1. The van der Waals surface area contributed by atoms with Crippen LogP contribution in [0.3, 0.4) is 0 Å². The molecule has 4 saturated carbocycles. The summed E-state index contributed by atoms with van der Waals surface area (Å²) in [6, 6.07) is 5.03. The molecule has 2 amide bonds. The largest absolute Gasteiger partial charge is 0.465 e. The molecule has 4 unspecified atom stereocenters. The van der Waals surface area contributed by atoms with Gasteiger partial charge in [-0.25, -0.2) is 4.79 Å². The van der Waals surface area contributed by atoms with Gasteiger partial charge in [0.05, 0.1) is 12.1 Å². The molecule has 158 valence electrons. The highest BCUT2D eigenvalue weighted by molar-refractivity contribution is 5.81. The second kappa shape index (κ2) is 6.83. The second-order valence-corrected chi connectivity index (χ2v) is 9.61. The fraction of sp³-hybridized carbons (Fsp3) is 0.667. The normalized spacial score (nSPS) is 39.0. The van der Waals surface area contributed by atoms with Gasteiger partial charge in [-0.15, -0.1) is 10.2 Å². The maximum atomic E-state index is 12.3. The molecule has 30 heavy (non-hydrogen) atoms. The molecule has 2 heterocycles. The third kappa shape index (κ3) is 2.89. The minimum atomic E-state index is -0.895. The van der Waals surface area contributed by atoms with Crippen molar-refractivity contribution in [1.29, 1.82) is 5.26 Å². The number of nitriles is 1. The van der Waals surface area contributed by atoms with Crippen molar-refractivity contribution < 1.29 is 14.7 Å². The lowest BCUT2D eigenvalue weighted by molar-refractivity contribution is -0.154. The molecule has 4 N–H and O–H groups in total. The van der Waals surface area contributed by atoms with Crippen molar-refractivity contribution in [3.8, 4) is 6.07 Å². The van der Waals surface area contributed by atoms with Crippen LogP contribution < -0.4 is 11.1 Å². The van der Waals surface area contributed by atoms with E-state index in [1.54, 1.807) is 17.0 Å². The van der Waals surface area contributed by atoms with E-state index in [0.29, 0.717) is 36.5 Å². The predicted molar refractivity (Wildman–Crippen MR) is 106 cm³/mol. The Balaban J connectivity index is 1.43. The average Bonchev–Trinajstić information content (AvgIpc) is 3.11. The zero-order chi connectivity index (χ0) is 21.0. The molecule has 0 radical (unpaired) electrons. The lowest BCUT2D eigenvalue weighted by atomic mass is 9.44. The highest BCUT2D eigenvalue weighted by Gasteiger charge is 2.61. The molecule has 1 aromatic heterocycles. The Bertz CT molecular complexity index is 896. The molecule has 1 aromatic rings. The number of aromatic nitrogens is 2. The van der Waals surface area contributed by atoms with E-state index >= 15 is 0 Å². The summed E-state index contributed by atoms with van der Waals surface area (Å²) in [5.41, 5.74) is 5.68. The van der Waals surface area contributed by atoms with E-state index in [-0.39, 0.29) is 35.0 Å². The maximum absolute atomic E-state index is 12.3. The van der Waals surface area contributed by atoms with Gasteiger partial charge in [0.15, 0.2) is 5.69 Å². The Morgan fingerprint density at radius 2 is 1.97 bits per heavy atom. The summed E-state index contributed by atoms with van der Waals surface area (Å²) in [6.07, 6.45) is 4.39. The van der Waals surface area contributed by atoms with Gasteiger partial charge in [-0.3, -0.25) is 4.79 Å². The van der Waals surface area contributed by atoms with Crippen LogP contribution in [0.25, 0.3) is 0 Å². The fourth-order valence-electron chi connectivity index (χ4n) is 7.25. The van der Waals surface area contributed by atoms with Crippen LogP contribution in [0.1, 0.15) is 44.2 Å². The summed E-state index contributed by atoms with van der Waals surface area (Å²) >= 11 is 0. The number of carbonyl (C=O) groups is 2. The first-order valence-electron chi connectivity index (χ1n) is 10.7. The van der Waals surface area contributed by atoms with Crippen LogP contribution in [-0.4, -0.2) is 50.8 Å². The van der Waals surface area contributed by atoms with Crippen molar-refractivity contribution in [2.75, 3.05) is 11.9 Å². The van der Waals surface area contributed by atoms with Crippen LogP contribution >= 0.6 is 0 Å². The predicted octanol–water partition coefficient (Wildman–Crippen LogP) is 1.81. The molecule has 9 heteroatoms. The first-order chi connectivity index (χ1) is 14.4. The van der Waals surface area contributed by atoms with Gasteiger partial charge in [-0.1, -0.05) is 0 Å². The quantitative estimate of drug-likeness (QED) is 0.686. The summed E-state index contributed by atoms with van der Waals surface area (Å²) in [4.78, 5) is 25.9. The zero-order valence-electron chi connectivity index (χ0n) is 16.7. The van der Waals surface area contributed by atoms with Crippen molar-refractivity contribution in [1.82, 2.24) is 15.1 Å². The molecular formula is C21H26N6O3. The highest BCUT2D eigenvalue weighted by atomic mass is 16.4. The molecule has 9 nitrogen and oxygen atoms in total. The zero-order valence-corrected chi connectivity index (χ0v) is 16.7. The van der Waals surface area contributed by atoms with Crippen molar-refractivity contribution in [2.45, 2.75) is 50.6 Å². The number of hydrogen-bond acceptors (Lipinski definition) is 6. The van der Waals surface area contributed by atoms with Crippen LogP contribution in [0.4, 0.5) is 10.6 Å². The monoisotopic (exact) mass is 410 g/mol. The van der Waals surface area contributed by atoms with Gasteiger partial charge in [0.25, 0.3) is 0 Å². The molecule has 1 saturated heterocycles. The van der Waals surface area contributed by atoms with Gasteiger partial charge in [-0.05, 0) is 74.3 Å². The lowest BCUT2D eigenvalue weighted by Gasteiger charge is -2.61. The van der Waals surface area contributed by atoms with Gasteiger partial charge in [0.1, 0.15) is 11.9 Å².